The molecule has 0 aliphatic heterocycles. The van der Waals surface area contributed by atoms with E-state index in [1.807, 2.05) is 6.07 Å². The Morgan fingerprint density at radius 3 is 2.50 bits per heavy atom. The van der Waals surface area contributed by atoms with Crippen molar-refractivity contribution in [3.63, 3.8) is 0 Å². The number of nitro groups is 1. The van der Waals surface area contributed by atoms with Gasteiger partial charge in [0, 0.05) is 36.7 Å². The van der Waals surface area contributed by atoms with Crippen LogP contribution in [0.1, 0.15) is 37.8 Å². The number of hydrogen-bond acceptors (Lipinski definition) is 4. The second-order valence-electron chi connectivity index (χ2n) is 5.29. The van der Waals surface area contributed by atoms with E-state index in [-0.39, 0.29) is 22.6 Å². The van der Waals surface area contributed by atoms with Gasteiger partial charge in [0.25, 0.3) is 5.69 Å². The molecular weight excluding hydrogens is 256 g/mol. The standard InChI is InChI=1S/C15H24N2O3/c1-4-15(5-2,11-18)10-16-9-13-7-6-8-14(12(13)3)17(19)20/h6-8,16,18H,4-5,9-11H2,1-3H3. The molecule has 0 spiro atoms. The third-order valence-electron chi connectivity index (χ3n) is 4.26. The molecule has 0 aliphatic carbocycles. The number of benzene rings is 1. The van der Waals surface area contributed by atoms with E-state index in [4.69, 9.17) is 0 Å². The zero-order valence-electron chi connectivity index (χ0n) is 12.5. The summed E-state index contributed by atoms with van der Waals surface area (Å²) in [5.74, 6) is 0. The summed E-state index contributed by atoms with van der Waals surface area (Å²) in [6.07, 6.45) is 1.81. The predicted octanol–water partition coefficient (Wildman–Crippen LogP) is 2.79. The summed E-state index contributed by atoms with van der Waals surface area (Å²) in [6, 6.07) is 5.13. The van der Waals surface area contributed by atoms with E-state index < -0.39 is 0 Å². The fourth-order valence-electron chi connectivity index (χ4n) is 2.30. The molecule has 0 saturated heterocycles. The second kappa shape index (κ2) is 7.36. The van der Waals surface area contributed by atoms with Crippen LogP contribution < -0.4 is 5.32 Å². The molecule has 2 N–H and O–H groups in total. The van der Waals surface area contributed by atoms with Crippen LogP contribution >= 0.6 is 0 Å². The van der Waals surface area contributed by atoms with Gasteiger partial charge in [-0.3, -0.25) is 10.1 Å². The fourth-order valence-corrected chi connectivity index (χ4v) is 2.30. The molecule has 5 nitrogen and oxygen atoms in total. The van der Waals surface area contributed by atoms with E-state index in [9.17, 15) is 15.2 Å². The van der Waals surface area contributed by atoms with Gasteiger partial charge in [-0.2, -0.15) is 0 Å². The van der Waals surface area contributed by atoms with E-state index in [1.165, 1.54) is 6.07 Å². The average Bonchev–Trinajstić information content (AvgIpc) is 2.45. The van der Waals surface area contributed by atoms with Crippen molar-refractivity contribution in [1.29, 1.82) is 0 Å². The summed E-state index contributed by atoms with van der Waals surface area (Å²) < 4.78 is 0. The monoisotopic (exact) mass is 280 g/mol. The van der Waals surface area contributed by atoms with Gasteiger partial charge in [-0.1, -0.05) is 26.0 Å². The van der Waals surface area contributed by atoms with Gasteiger partial charge in [0.1, 0.15) is 0 Å². The van der Waals surface area contributed by atoms with Crippen LogP contribution in [0.4, 0.5) is 5.69 Å². The molecule has 0 bridgehead atoms. The Labute approximate surface area is 120 Å². The van der Waals surface area contributed by atoms with Gasteiger partial charge in [-0.05, 0) is 25.3 Å². The van der Waals surface area contributed by atoms with Crippen LogP contribution in [0.3, 0.4) is 0 Å². The third kappa shape index (κ3) is 3.77. The molecule has 112 valence electrons. The first kappa shape index (κ1) is 16.6. The average molecular weight is 280 g/mol. The molecule has 0 radical (unpaired) electrons. The Bertz CT molecular complexity index is 448. The number of aliphatic hydroxyl groups excluding tert-OH is 1. The van der Waals surface area contributed by atoms with Crippen molar-refractivity contribution in [2.45, 2.75) is 40.2 Å². The van der Waals surface area contributed by atoms with Gasteiger partial charge in [0.15, 0.2) is 0 Å². The lowest BCUT2D eigenvalue weighted by molar-refractivity contribution is -0.385. The Morgan fingerprint density at radius 2 is 2.00 bits per heavy atom. The minimum Gasteiger partial charge on any atom is -0.396 e. The predicted molar refractivity (Wildman–Crippen MR) is 79.6 cm³/mol. The topological polar surface area (TPSA) is 75.4 Å². The quantitative estimate of drug-likeness (QED) is 0.567. The molecule has 0 fully saturated rings. The highest BCUT2D eigenvalue weighted by atomic mass is 16.6. The number of rotatable bonds is 8. The largest absolute Gasteiger partial charge is 0.396 e. The first-order chi connectivity index (χ1) is 9.49. The summed E-state index contributed by atoms with van der Waals surface area (Å²) in [5.41, 5.74) is 1.68. The maximum Gasteiger partial charge on any atom is 0.272 e. The lowest BCUT2D eigenvalue weighted by atomic mass is 9.83. The highest BCUT2D eigenvalue weighted by Crippen LogP contribution is 2.25. The van der Waals surface area contributed by atoms with Crippen molar-refractivity contribution in [2.24, 2.45) is 5.41 Å². The van der Waals surface area contributed by atoms with Gasteiger partial charge < -0.3 is 10.4 Å². The van der Waals surface area contributed by atoms with Crippen molar-refractivity contribution < 1.29 is 10.0 Å². The minimum absolute atomic E-state index is 0.103. The van der Waals surface area contributed by atoms with Crippen LogP contribution in [0.2, 0.25) is 0 Å². The highest BCUT2D eigenvalue weighted by molar-refractivity contribution is 5.44. The third-order valence-corrected chi connectivity index (χ3v) is 4.26. The van der Waals surface area contributed by atoms with Gasteiger partial charge in [0.05, 0.1) is 4.92 Å². The number of aliphatic hydroxyl groups is 1. The molecule has 0 aliphatic rings. The van der Waals surface area contributed by atoms with Crippen molar-refractivity contribution in [2.75, 3.05) is 13.2 Å². The zero-order chi connectivity index (χ0) is 15.2. The molecule has 5 heteroatoms. The van der Waals surface area contributed by atoms with Crippen molar-refractivity contribution in [3.05, 3.63) is 39.4 Å². The zero-order valence-corrected chi connectivity index (χ0v) is 12.5. The SMILES string of the molecule is CCC(CC)(CO)CNCc1cccc([N+](=O)[O-])c1C. The number of hydrogen-bond donors (Lipinski definition) is 2. The summed E-state index contributed by atoms with van der Waals surface area (Å²) in [4.78, 5) is 10.5. The van der Waals surface area contributed by atoms with Crippen LogP contribution in [-0.4, -0.2) is 23.2 Å². The summed E-state index contributed by atoms with van der Waals surface area (Å²) in [5, 5.41) is 23.7. The Kier molecular flexibility index (Phi) is 6.10. The fraction of sp³-hybridized carbons (Fsp3) is 0.600. The van der Waals surface area contributed by atoms with Gasteiger partial charge >= 0.3 is 0 Å². The summed E-state index contributed by atoms with van der Waals surface area (Å²) in [7, 11) is 0. The minimum atomic E-state index is -0.352. The first-order valence-electron chi connectivity index (χ1n) is 7.04. The summed E-state index contributed by atoms with van der Waals surface area (Å²) >= 11 is 0. The normalized spacial score (nSPS) is 11.6. The van der Waals surface area contributed by atoms with Crippen LogP contribution in [0.15, 0.2) is 18.2 Å². The van der Waals surface area contributed by atoms with E-state index >= 15 is 0 Å². The Balaban J connectivity index is 2.71. The van der Waals surface area contributed by atoms with Crippen LogP contribution in [0, 0.1) is 22.5 Å². The molecule has 0 amide bonds. The van der Waals surface area contributed by atoms with Crippen molar-refractivity contribution in [3.8, 4) is 0 Å². The van der Waals surface area contributed by atoms with E-state index in [2.05, 4.69) is 19.2 Å². The molecule has 0 heterocycles. The molecule has 0 atom stereocenters. The molecule has 1 aromatic rings. The van der Waals surface area contributed by atoms with Crippen LogP contribution in [0.5, 0.6) is 0 Å². The number of nitro benzene ring substituents is 1. The van der Waals surface area contributed by atoms with Gasteiger partial charge in [-0.15, -0.1) is 0 Å². The van der Waals surface area contributed by atoms with Gasteiger partial charge in [-0.25, -0.2) is 0 Å². The molecule has 20 heavy (non-hydrogen) atoms. The molecule has 0 aromatic heterocycles. The van der Waals surface area contributed by atoms with Crippen LogP contribution in [0.25, 0.3) is 0 Å². The lowest BCUT2D eigenvalue weighted by Gasteiger charge is -2.29. The first-order valence-corrected chi connectivity index (χ1v) is 7.04. The Morgan fingerprint density at radius 1 is 1.35 bits per heavy atom. The lowest BCUT2D eigenvalue weighted by Crippen LogP contribution is -2.36. The maximum absolute atomic E-state index is 10.9. The molecule has 0 saturated carbocycles. The smallest absolute Gasteiger partial charge is 0.272 e. The molecule has 1 rings (SSSR count). The Hall–Kier alpha value is -1.46. The van der Waals surface area contributed by atoms with E-state index in [0.717, 1.165) is 18.4 Å². The van der Waals surface area contributed by atoms with Crippen LogP contribution in [-0.2, 0) is 6.54 Å². The molecule has 1 aromatic carbocycles. The second-order valence-corrected chi connectivity index (χ2v) is 5.29. The van der Waals surface area contributed by atoms with Crippen molar-refractivity contribution >= 4 is 5.69 Å². The number of nitrogens with zero attached hydrogens (tertiary/aromatic N) is 1. The number of nitrogens with one attached hydrogen (secondary N) is 1. The summed E-state index contributed by atoms with van der Waals surface area (Å²) in [6.45, 7) is 7.35. The van der Waals surface area contributed by atoms with E-state index in [1.54, 1.807) is 13.0 Å². The van der Waals surface area contributed by atoms with E-state index in [0.29, 0.717) is 18.7 Å². The molecular formula is C15H24N2O3. The van der Waals surface area contributed by atoms with Crippen molar-refractivity contribution in [1.82, 2.24) is 5.32 Å². The van der Waals surface area contributed by atoms with Gasteiger partial charge in [0.2, 0.25) is 0 Å². The maximum atomic E-state index is 10.9. The molecule has 0 unspecified atom stereocenters. The highest BCUT2D eigenvalue weighted by Gasteiger charge is 2.24.